The summed E-state index contributed by atoms with van der Waals surface area (Å²) in [5.41, 5.74) is 0.476. The van der Waals surface area contributed by atoms with Crippen LogP contribution in [-0.4, -0.2) is 33.5 Å². The zero-order valence-corrected chi connectivity index (χ0v) is 12.1. The molecule has 1 aliphatic rings. The first-order chi connectivity index (χ1) is 8.11. The summed E-state index contributed by atoms with van der Waals surface area (Å²) < 4.78 is 6.56. The highest BCUT2D eigenvalue weighted by molar-refractivity contribution is 14.1. The van der Waals surface area contributed by atoms with Crippen molar-refractivity contribution >= 4 is 34.2 Å². The molecule has 1 aromatic carbocycles. The predicted octanol–water partition coefficient (Wildman–Crippen LogP) is 2.11. The summed E-state index contributed by atoms with van der Waals surface area (Å²) >= 11 is 8.10. The maximum Gasteiger partial charge on any atom is 0.108 e. The third-order valence-electron chi connectivity index (χ3n) is 3.11. The van der Waals surface area contributed by atoms with Gasteiger partial charge in [0.15, 0.2) is 0 Å². The monoisotopic (exact) mass is 368 g/mol. The van der Waals surface area contributed by atoms with Crippen molar-refractivity contribution in [2.45, 2.75) is 24.2 Å². The van der Waals surface area contributed by atoms with Crippen molar-refractivity contribution in [3.8, 4) is 0 Å². The fourth-order valence-electron chi connectivity index (χ4n) is 2.15. The Morgan fingerprint density at radius 2 is 2.06 bits per heavy atom. The van der Waals surface area contributed by atoms with Crippen LogP contribution in [-0.2, 0) is 10.3 Å². The van der Waals surface area contributed by atoms with Crippen LogP contribution in [0.2, 0.25) is 5.02 Å². The van der Waals surface area contributed by atoms with E-state index in [-0.39, 0.29) is 6.61 Å². The molecule has 0 bridgehead atoms. The van der Waals surface area contributed by atoms with E-state index >= 15 is 0 Å². The van der Waals surface area contributed by atoms with Crippen molar-refractivity contribution in [3.05, 3.63) is 34.9 Å². The number of aliphatic hydroxyl groups excluding tert-OH is 2. The van der Waals surface area contributed by atoms with Crippen LogP contribution in [0.4, 0.5) is 0 Å². The van der Waals surface area contributed by atoms with Gasteiger partial charge < -0.3 is 14.9 Å². The van der Waals surface area contributed by atoms with Gasteiger partial charge in [0, 0.05) is 15.9 Å². The van der Waals surface area contributed by atoms with E-state index in [4.69, 9.17) is 21.4 Å². The molecule has 0 unspecified atom stereocenters. The minimum Gasteiger partial charge on any atom is -0.394 e. The molecule has 94 valence electrons. The molecule has 3 nitrogen and oxygen atoms in total. The summed E-state index contributed by atoms with van der Waals surface area (Å²) in [7, 11) is 0. The predicted molar refractivity (Wildman–Crippen MR) is 74.6 cm³/mol. The Bertz CT molecular complexity index is 384. The smallest absolute Gasteiger partial charge is 0.108 e. The van der Waals surface area contributed by atoms with Gasteiger partial charge in [0.25, 0.3) is 0 Å². The van der Waals surface area contributed by atoms with Gasteiger partial charge in [-0.25, -0.2) is 0 Å². The summed E-state index contributed by atoms with van der Waals surface area (Å²) in [4.78, 5) is 0. The molecule has 2 N–H and O–H groups in total. The van der Waals surface area contributed by atoms with Gasteiger partial charge in [-0.2, -0.15) is 0 Å². The molecule has 1 aliphatic heterocycles. The second-order valence-corrected chi connectivity index (χ2v) is 5.44. The Morgan fingerprint density at radius 1 is 1.41 bits per heavy atom. The number of rotatable bonds is 3. The minimum absolute atomic E-state index is 0.160. The summed E-state index contributed by atoms with van der Waals surface area (Å²) in [5.74, 6) is 0. The van der Waals surface area contributed by atoms with Gasteiger partial charge in [-0.15, -0.1) is 0 Å². The molecule has 1 heterocycles. The minimum atomic E-state index is -0.620. The average Bonchev–Trinajstić information content (AvgIpc) is 2.68. The van der Waals surface area contributed by atoms with Crippen LogP contribution in [0.25, 0.3) is 0 Å². The van der Waals surface area contributed by atoms with E-state index in [1.165, 1.54) is 0 Å². The lowest BCUT2D eigenvalue weighted by Gasteiger charge is -2.27. The highest BCUT2D eigenvalue weighted by atomic mass is 127. The Labute approximate surface area is 119 Å². The molecule has 0 radical (unpaired) electrons. The van der Waals surface area contributed by atoms with E-state index in [2.05, 4.69) is 22.6 Å². The lowest BCUT2D eigenvalue weighted by molar-refractivity contribution is -0.0632. The van der Waals surface area contributed by atoms with E-state index in [9.17, 15) is 5.11 Å². The van der Waals surface area contributed by atoms with Crippen LogP contribution in [0.5, 0.6) is 0 Å². The number of aliphatic hydroxyl groups is 2. The zero-order valence-electron chi connectivity index (χ0n) is 9.14. The van der Waals surface area contributed by atoms with Crippen molar-refractivity contribution in [3.63, 3.8) is 0 Å². The first kappa shape index (κ1) is 13.5. The molecular weight excluding hydrogens is 354 g/mol. The molecule has 0 aromatic heterocycles. The molecule has 5 heteroatoms. The number of hydrogen-bond donors (Lipinski definition) is 2. The Morgan fingerprint density at radius 3 is 2.53 bits per heavy atom. The molecule has 0 aliphatic carbocycles. The van der Waals surface area contributed by atoms with E-state index < -0.39 is 17.8 Å². The summed E-state index contributed by atoms with van der Waals surface area (Å²) in [6, 6.07) is 7.45. The first-order valence-corrected chi connectivity index (χ1v) is 7.30. The van der Waals surface area contributed by atoms with Crippen LogP contribution < -0.4 is 0 Å². The molecule has 3 atom stereocenters. The number of benzene rings is 1. The van der Waals surface area contributed by atoms with Crippen LogP contribution in [0.15, 0.2) is 24.3 Å². The number of ether oxygens (including phenoxy) is 1. The highest BCUT2D eigenvalue weighted by Gasteiger charge is 2.46. The normalized spacial score (nSPS) is 32.9. The third kappa shape index (κ3) is 2.61. The summed E-state index contributed by atoms with van der Waals surface area (Å²) in [5, 5.41) is 19.7. The molecule has 0 saturated carbocycles. The van der Waals surface area contributed by atoms with Gasteiger partial charge >= 0.3 is 0 Å². The topological polar surface area (TPSA) is 49.7 Å². The molecule has 17 heavy (non-hydrogen) atoms. The van der Waals surface area contributed by atoms with Crippen molar-refractivity contribution in [1.29, 1.82) is 0 Å². The van der Waals surface area contributed by atoms with E-state index in [0.29, 0.717) is 11.4 Å². The lowest BCUT2D eigenvalue weighted by Crippen LogP contribution is -2.29. The van der Waals surface area contributed by atoms with Crippen LogP contribution >= 0.6 is 34.2 Å². The van der Waals surface area contributed by atoms with Crippen molar-refractivity contribution in [2.75, 3.05) is 11.0 Å². The quantitative estimate of drug-likeness (QED) is 0.635. The van der Waals surface area contributed by atoms with Crippen LogP contribution in [0.1, 0.15) is 12.0 Å². The Kier molecular flexibility index (Phi) is 4.31. The number of halogens is 2. The Balaban J connectivity index is 2.30. The Hall–Kier alpha value is 0.120. The van der Waals surface area contributed by atoms with E-state index in [1.807, 2.05) is 24.3 Å². The van der Waals surface area contributed by atoms with Crippen molar-refractivity contribution in [1.82, 2.24) is 0 Å². The number of hydrogen-bond acceptors (Lipinski definition) is 3. The first-order valence-electron chi connectivity index (χ1n) is 5.40. The van der Waals surface area contributed by atoms with Crippen LogP contribution in [0.3, 0.4) is 0 Å². The van der Waals surface area contributed by atoms with Crippen molar-refractivity contribution in [2.24, 2.45) is 0 Å². The highest BCUT2D eigenvalue weighted by Crippen LogP contribution is 2.41. The van der Waals surface area contributed by atoms with Crippen LogP contribution in [0, 0.1) is 0 Å². The maximum absolute atomic E-state index is 9.86. The molecule has 2 rings (SSSR count). The van der Waals surface area contributed by atoms with Gasteiger partial charge in [-0.3, -0.25) is 0 Å². The molecule has 0 amide bonds. The largest absolute Gasteiger partial charge is 0.394 e. The molecular formula is C12H14ClIO3. The van der Waals surface area contributed by atoms with E-state index in [1.54, 1.807) is 0 Å². The van der Waals surface area contributed by atoms with Gasteiger partial charge in [0.05, 0.1) is 12.7 Å². The lowest BCUT2D eigenvalue weighted by atomic mass is 9.92. The number of alkyl halides is 1. The maximum atomic E-state index is 9.86. The van der Waals surface area contributed by atoms with E-state index in [0.717, 1.165) is 9.99 Å². The van der Waals surface area contributed by atoms with Gasteiger partial charge in [-0.1, -0.05) is 46.3 Å². The average molecular weight is 369 g/mol. The molecule has 1 aromatic rings. The van der Waals surface area contributed by atoms with Gasteiger partial charge in [0.1, 0.15) is 11.7 Å². The van der Waals surface area contributed by atoms with Crippen molar-refractivity contribution < 1.29 is 14.9 Å². The SMILES string of the molecule is OC[C@H]1O[C@@](CI)(c2ccc(Cl)cc2)C[C@@H]1O. The molecule has 0 spiro atoms. The summed E-state index contributed by atoms with van der Waals surface area (Å²) in [6.07, 6.45) is -0.617. The summed E-state index contributed by atoms with van der Waals surface area (Å²) in [6.45, 7) is -0.160. The molecule has 1 saturated heterocycles. The van der Waals surface area contributed by atoms with Gasteiger partial charge in [0.2, 0.25) is 0 Å². The third-order valence-corrected chi connectivity index (χ3v) is 4.60. The zero-order chi connectivity index (χ0) is 12.5. The second-order valence-electron chi connectivity index (χ2n) is 4.25. The van der Waals surface area contributed by atoms with Gasteiger partial charge in [-0.05, 0) is 17.7 Å². The fourth-order valence-corrected chi connectivity index (χ4v) is 3.20. The molecule has 1 fully saturated rings. The standard InChI is InChI=1S/C12H14ClIO3/c13-9-3-1-8(2-4-9)12(7-14)5-10(16)11(6-15)17-12/h1-4,10-11,15-16H,5-7H2/t10-,11+,12-/m0/s1. The second kappa shape index (κ2) is 5.40. The fraction of sp³-hybridized carbons (Fsp3) is 0.500.